The molecule has 8 heteroatoms. The van der Waals surface area contributed by atoms with Gasteiger partial charge in [0.15, 0.2) is 0 Å². The Morgan fingerprint density at radius 1 is 0.882 bits per heavy atom. The summed E-state index contributed by atoms with van der Waals surface area (Å²) in [4.78, 5) is 14.2. The van der Waals surface area contributed by atoms with Crippen LogP contribution in [0.4, 0.5) is 32.0 Å². The molecule has 0 spiro atoms. The maximum absolute atomic E-state index is 13.9. The van der Waals surface area contributed by atoms with E-state index in [0.717, 1.165) is 24.2 Å². The average Bonchev–Trinajstić information content (AvgIpc) is 3.14. The lowest BCUT2D eigenvalue weighted by Crippen LogP contribution is -2.62. The third-order valence-corrected chi connectivity index (χ3v) is 9.95. The van der Waals surface area contributed by atoms with Crippen LogP contribution in [0.3, 0.4) is 0 Å². The molecule has 188 valence electrons. The van der Waals surface area contributed by atoms with Crippen molar-refractivity contribution >= 4 is 11.6 Å². The number of alkyl halides is 6. The second-order valence-electron chi connectivity index (χ2n) is 11.6. The van der Waals surface area contributed by atoms with Gasteiger partial charge in [0.1, 0.15) is 0 Å². The fourth-order valence-electron chi connectivity index (χ4n) is 8.32. The fraction of sp³-hybridized carbons (Fsp3) is 0.731. The van der Waals surface area contributed by atoms with Gasteiger partial charge in [0, 0.05) is 12.5 Å². The van der Waals surface area contributed by atoms with Gasteiger partial charge in [-0.15, -0.1) is 0 Å². The minimum absolute atomic E-state index is 0.0612. The largest absolute Gasteiger partial charge is 0.418 e. The number of amides is 1. The molecule has 1 aromatic carbocycles. The first-order valence-corrected chi connectivity index (χ1v) is 12.4. The van der Waals surface area contributed by atoms with E-state index >= 15 is 0 Å². The Labute approximate surface area is 196 Å². The standard InChI is InChI=1S/C26H31F6NO/c1-23-11-3-4-17(23)16-6-8-21-24(2,18(16)9-12-23)13-10-22(34)33(21)20-14-15(25(27,28)29)5-7-19(20)26(30,31)32/h5,7,14,16-18,21H,3-4,6,8-13H2,1-2H3/t16-,17-,18-,21+,23-,24+/m0/s1. The van der Waals surface area contributed by atoms with Crippen molar-refractivity contribution in [1.82, 2.24) is 0 Å². The van der Waals surface area contributed by atoms with E-state index in [1.807, 2.05) is 0 Å². The second-order valence-corrected chi connectivity index (χ2v) is 11.6. The molecule has 4 aliphatic rings. The number of carbonyl (C=O) groups is 1. The first-order valence-electron chi connectivity index (χ1n) is 12.4. The molecule has 2 nitrogen and oxygen atoms in total. The summed E-state index contributed by atoms with van der Waals surface area (Å²) >= 11 is 0. The molecule has 1 aliphatic heterocycles. The lowest BCUT2D eigenvalue weighted by Gasteiger charge is -2.61. The van der Waals surface area contributed by atoms with Crippen molar-refractivity contribution in [3.63, 3.8) is 0 Å². The number of halogens is 6. The van der Waals surface area contributed by atoms with Crippen LogP contribution in [0.1, 0.15) is 82.8 Å². The number of rotatable bonds is 1. The number of benzene rings is 1. The van der Waals surface area contributed by atoms with Crippen LogP contribution in [-0.2, 0) is 17.1 Å². The van der Waals surface area contributed by atoms with Crippen molar-refractivity contribution in [2.24, 2.45) is 28.6 Å². The van der Waals surface area contributed by atoms with Gasteiger partial charge in [0.2, 0.25) is 5.91 Å². The first-order chi connectivity index (χ1) is 15.8. The number of fused-ring (bicyclic) bond motifs is 5. The van der Waals surface area contributed by atoms with Crippen molar-refractivity contribution in [3.8, 4) is 0 Å². The Bertz CT molecular complexity index is 986. The molecule has 1 aromatic rings. The van der Waals surface area contributed by atoms with E-state index in [9.17, 15) is 31.1 Å². The summed E-state index contributed by atoms with van der Waals surface area (Å²) in [7, 11) is 0. The van der Waals surface area contributed by atoms with Crippen molar-refractivity contribution < 1.29 is 31.1 Å². The summed E-state index contributed by atoms with van der Waals surface area (Å²) in [6.45, 7) is 4.44. The highest BCUT2D eigenvalue weighted by molar-refractivity contribution is 5.96. The molecule has 0 bridgehead atoms. The van der Waals surface area contributed by atoms with Crippen LogP contribution in [0.25, 0.3) is 0 Å². The third-order valence-electron chi connectivity index (χ3n) is 9.95. The highest BCUT2D eigenvalue weighted by Crippen LogP contribution is 2.65. The summed E-state index contributed by atoms with van der Waals surface area (Å²) < 4.78 is 82.1. The molecule has 6 atom stereocenters. The molecule has 1 heterocycles. The summed E-state index contributed by atoms with van der Waals surface area (Å²) in [5.41, 5.74) is -3.06. The van der Waals surface area contributed by atoms with E-state index in [1.165, 1.54) is 19.3 Å². The monoisotopic (exact) mass is 487 g/mol. The molecule has 3 saturated carbocycles. The smallest absolute Gasteiger partial charge is 0.308 e. The maximum Gasteiger partial charge on any atom is 0.418 e. The van der Waals surface area contributed by atoms with Gasteiger partial charge in [-0.25, -0.2) is 0 Å². The molecule has 0 radical (unpaired) electrons. The van der Waals surface area contributed by atoms with E-state index < -0.39 is 46.5 Å². The zero-order chi connectivity index (χ0) is 24.7. The van der Waals surface area contributed by atoms with Gasteiger partial charge in [-0.05, 0) is 91.7 Å². The van der Waals surface area contributed by atoms with Gasteiger partial charge in [-0.1, -0.05) is 20.3 Å². The van der Waals surface area contributed by atoms with Gasteiger partial charge in [-0.3, -0.25) is 4.79 Å². The normalized spacial score (nSPS) is 38.4. The van der Waals surface area contributed by atoms with Crippen LogP contribution in [0.5, 0.6) is 0 Å². The predicted molar refractivity (Wildman–Crippen MR) is 116 cm³/mol. The van der Waals surface area contributed by atoms with Gasteiger partial charge < -0.3 is 4.90 Å². The summed E-state index contributed by atoms with van der Waals surface area (Å²) in [5.74, 6) is 0.834. The van der Waals surface area contributed by atoms with Crippen molar-refractivity contribution in [2.45, 2.75) is 90.0 Å². The van der Waals surface area contributed by atoms with E-state index in [0.29, 0.717) is 48.3 Å². The van der Waals surface area contributed by atoms with Crippen LogP contribution in [-0.4, -0.2) is 11.9 Å². The number of piperidine rings is 1. The molecular formula is C26H31F6NO. The van der Waals surface area contributed by atoms with Gasteiger partial charge >= 0.3 is 12.4 Å². The Morgan fingerprint density at radius 3 is 2.29 bits per heavy atom. The van der Waals surface area contributed by atoms with Crippen LogP contribution in [0.15, 0.2) is 18.2 Å². The lowest BCUT2D eigenvalue weighted by molar-refractivity contribution is -0.142. The number of nitrogens with zero attached hydrogens (tertiary/aromatic N) is 1. The fourth-order valence-corrected chi connectivity index (χ4v) is 8.32. The molecule has 1 saturated heterocycles. The zero-order valence-corrected chi connectivity index (χ0v) is 19.5. The van der Waals surface area contributed by atoms with Crippen molar-refractivity contribution in [2.75, 3.05) is 4.90 Å². The quantitative estimate of drug-likeness (QED) is 0.370. The van der Waals surface area contributed by atoms with Gasteiger partial charge in [0.25, 0.3) is 0 Å². The molecule has 5 rings (SSSR count). The Morgan fingerprint density at radius 2 is 1.62 bits per heavy atom. The minimum atomic E-state index is -4.86. The van der Waals surface area contributed by atoms with Crippen LogP contribution in [0.2, 0.25) is 0 Å². The summed E-state index contributed by atoms with van der Waals surface area (Å²) in [6.07, 6.45) is -2.03. The Balaban J connectivity index is 1.58. The molecule has 1 amide bonds. The second kappa shape index (κ2) is 7.63. The third kappa shape index (κ3) is 3.57. The van der Waals surface area contributed by atoms with Crippen LogP contribution < -0.4 is 4.90 Å². The molecule has 0 N–H and O–H groups in total. The van der Waals surface area contributed by atoms with Crippen molar-refractivity contribution in [3.05, 3.63) is 29.3 Å². The highest BCUT2D eigenvalue weighted by Gasteiger charge is 2.60. The van der Waals surface area contributed by atoms with Gasteiger partial charge in [0.05, 0.1) is 16.8 Å². The molecule has 0 aromatic heterocycles. The number of anilines is 1. The molecule has 0 unspecified atom stereocenters. The SMILES string of the molecule is C[C@@]12CCC[C@H]1[C@@H]1CC[C@H]3N(c4cc(C(F)(F)F)ccc4C(F)(F)F)C(=O)CC[C@]3(C)[C@H]1CC2. The van der Waals surface area contributed by atoms with E-state index in [4.69, 9.17) is 0 Å². The van der Waals surface area contributed by atoms with Crippen LogP contribution in [0, 0.1) is 28.6 Å². The molecule has 3 aliphatic carbocycles. The average molecular weight is 488 g/mol. The molecule has 34 heavy (non-hydrogen) atoms. The van der Waals surface area contributed by atoms with Crippen molar-refractivity contribution in [1.29, 1.82) is 0 Å². The molecular weight excluding hydrogens is 456 g/mol. The Kier molecular flexibility index (Phi) is 5.38. The topological polar surface area (TPSA) is 20.3 Å². The lowest BCUT2D eigenvalue weighted by atomic mass is 9.47. The number of hydrogen-bond donors (Lipinski definition) is 0. The highest BCUT2D eigenvalue weighted by atomic mass is 19.4. The van der Waals surface area contributed by atoms with E-state index in [-0.39, 0.29) is 12.3 Å². The number of hydrogen-bond acceptors (Lipinski definition) is 1. The Hall–Kier alpha value is -1.73. The maximum atomic E-state index is 13.9. The molecule has 4 fully saturated rings. The van der Waals surface area contributed by atoms with E-state index in [1.54, 1.807) is 0 Å². The first kappa shape index (κ1) is 24.0. The van der Waals surface area contributed by atoms with Crippen LogP contribution >= 0.6 is 0 Å². The zero-order valence-electron chi connectivity index (χ0n) is 19.5. The van der Waals surface area contributed by atoms with E-state index in [2.05, 4.69) is 13.8 Å². The predicted octanol–water partition coefficient (Wildman–Crippen LogP) is 7.85. The summed E-state index contributed by atoms with van der Waals surface area (Å²) in [5, 5.41) is 0. The van der Waals surface area contributed by atoms with Gasteiger partial charge in [-0.2, -0.15) is 26.3 Å². The minimum Gasteiger partial charge on any atom is -0.308 e. The number of carbonyl (C=O) groups excluding carboxylic acids is 1. The summed E-state index contributed by atoms with van der Waals surface area (Å²) in [6, 6.07) is 0.949.